The molecule has 130 valence electrons. The van der Waals surface area contributed by atoms with Gasteiger partial charge in [-0.1, -0.05) is 36.9 Å². The second-order valence-corrected chi connectivity index (χ2v) is 7.32. The van der Waals surface area contributed by atoms with Crippen LogP contribution in [0.1, 0.15) is 31.4 Å². The number of Topliss-reactive ketones (excluding diaryl/α,β-unsaturated/α-hetero) is 1. The third-order valence-electron chi connectivity index (χ3n) is 4.59. The number of hydrogen-bond acceptors (Lipinski definition) is 6. The van der Waals surface area contributed by atoms with Gasteiger partial charge < -0.3 is 10.1 Å². The van der Waals surface area contributed by atoms with Gasteiger partial charge >= 0.3 is 0 Å². The summed E-state index contributed by atoms with van der Waals surface area (Å²) in [4.78, 5) is 17.3. The van der Waals surface area contributed by atoms with Gasteiger partial charge in [0.1, 0.15) is 11.5 Å². The molecule has 1 aliphatic carbocycles. The van der Waals surface area contributed by atoms with Crippen molar-refractivity contribution in [3.63, 3.8) is 0 Å². The standard InChI is InChI=1S/C18H20N4O2S/c1-3-25-18-20-17-19-13-8-5-9-14(23)15(13)16(22(17)21-18)11-6-4-7-12(10-11)24-2/h4,6-8,10,15-16H,3,5,9H2,1-2H3,(H,19,20,21)/t15-,16-/m0/s1. The molecule has 0 saturated heterocycles. The van der Waals surface area contributed by atoms with Crippen LogP contribution in [0, 0.1) is 5.92 Å². The first kappa shape index (κ1) is 16.2. The van der Waals surface area contributed by atoms with Gasteiger partial charge in [0.2, 0.25) is 11.1 Å². The Bertz CT molecular complexity index is 845. The van der Waals surface area contributed by atoms with Gasteiger partial charge in [-0.05, 0) is 29.9 Å². The second kappa shape index (κ2) is 6.55. The molecule has 1 N–H and O–H groups in total. The Hall–Kier alpha value is -2.28. The highest BCUT2D eigenvalue weighted by Crippen LogP contribution is 2.42. The van der Waals surface area contributed by atoms with Crippen LogP contribution in [0.4, 0.5) is 5.95 Å². The fourth-order valence-corrected chi connectivity index (χ4v) is 4.06. The lowest BCUT2D eigenvalue weighted by molar-refractivity contribution is -0.123. The van der Waals surface area contributed by atoms with Crippen molar-refractivity contribution in [3.8, 4) is 5.75 Å². The van der Waals surface area contributed by atoms with E-state index < -0.39 is 0 Å². The number of hydrogen-bond donors (Lipinski definition) is 1. The smallest absolute Gasteiger partial charge is 0.227 e. The lowest BCUT2D eigenvalue weighted by Crippen LogP contribution is -2.38. The van der Waals surface area contributed by atoms with E-state index in [4.69, 9.17) is 4.74 Å². The van der Waals surface area contributed by atoms with Crippen LogP contribution in [0.25, 0.3) is 0 Å². The number of anilines is 1. The minimum Gasteiger partial charge on any atom is -0.497 e. The number of ether oxygens (including phenoxy) is 1. The Balaban J connectivity index is 1.86. The highest BCUT2D eigenvalue weighted by molar-refractivity contribution is 7.99. The lowest BCUT2D eigenvalue weighted by atomic mass is 9.81. The monoisotopic (exact) mass is 356 g/mol. The largest absolute Gasteiger partial charge is 0.497 e. The third-order valence-corrected chi connectivity index (χ3v) is 5.31. The summed E-state index contributed by atoms with van der Waals surface area (Å²) in [5.74, 6) is 2.35. The van der Waals surface area contributed by atoms with E-state index in [0.717, 1.165) is 34.3 Å². The molecule has 2 heterocycles. The van der Waals surface area contributed by atoms with Crippen LogP contribution in [0.2, 0.25) is 0 Å². The van der Waals surface area contributed by atoms with E-state index in [1.165, 1.54) is 0 Å². The molecule has 6 nitrogen and oxygen atoms in total. The molecule has 7 heteroatoms. The van der Waals surface area contributed by atoms with Crippen LogP contribution in [-0.2, 0) is 4.79 Å². The summed E-state index contributed by atoms with van der Waals surface area (Å²) in [5, 5.41) is 8.71. The summed E-state index contributed by atoms with van der Waals surface area (Å²) in [5.41, 5.74) is 1.95. The van der Waals surface area contributed by atoms with Crippen molar-refractivity contribution in [1.82, 2.24) is 14.8 Å². The first-order chi connectivity index (χ1) is 12.2. The van der Waals surface area contributed by atoms with Gasteiger partial charge in [0.05, 0.1) is 19.1 Å². The van der Waals surface area contributed by atoms with Gasteiger partial charge in [-0.25, -0.2) is 4.68 Å². The number of fused-ring (bicyclic) bond motifs is 2. The van der Waals surface area contributed by atoms with Crippen LogP contribution in [0.3, 0.4) is 0 Å². The zero-order valence-corrected chi connectivity index (χ0v) is 15.0. The zero-order chi connectivity index (χ0) is 17.4. The van der Waals surface area contributed by atoms with Crippen molar-refractivity contribution in [2.75, 3.05) is 18.2 Å². The third kappa shape index (κ3) is 2.82. The Kier molecular flexibility index (Phi) is 4.25. The van der Waals surface area contributed by atoms with Crippen LogP contribution in [-0.4, -0.2) is 33.4 Å². The van der Waals surface area contributed by atoms with Crippen molar-refractivity contribution in [2.45, 2.75) is 31.0 Å². The number of rotatable bonds is 4. The Morgan fingerprint density at radius 3 is 3.12 bits per heavy atom. The summed E-state index contributed by atoms with van der Waals surface area (Å²) in [7, 11) is 1.65. The lowest BCUT2D eigenvalue weighted by Gasteiger charge is -2.36. The molecule has 0 radical (unpaired) electrons. The molecule has 4 rings (SSSR count). The highest BCUT2D eigenvalue weighted by atomic mass is 32.2. The zero-order valence-electron chi connectivity index (χ0n) is 14.2. The van der Waals surface area contributed by atoms with Gasteiger partial charge in [0.25, 0.3) is 0 Å². The maximum absolute atomic E-state index is 12.7. The number of allylic oxidation sites excluding steroid dienone is 2. The molecule has 1 aliphatic heterocycles. The quantitative estimate of drug-likeness (QED) is 0.848. The molecule has 2 aromatic rings. The molecule has 0 bridgehead atoms. The topological polar surface area (TPSA) is 69.0 Å². The number of carbonyl (C=O) groups excluding carboxylic acids is 1. The van der Waals surface area contributed by atoms with Gasteiger partial charge in [-0.15, -0.1) is 5.10 Å². The molecule has 0 amide bonds. The number of ketones is 1. The number of aromatic nitrogens is 3. The van der Waals surface area contributed by atoms with Gasteiger partial charge in [0, 0.05) is 12.1 Å². The summed E-state index contributed by atoms with van der Waals surface area (Å²) in [6.45, 7) is 2.07. The molecular formula is C18H20N4O2S. The molecule has 1 aromatic heterocycles. The predicted molar refractivity (Wildman–Crippen MR) is 97.0 cm³/mol. The van der Waals surface area contributed by atoms with Crippen LogP contribution < -0.4 is 10.1 Å². The molecule has 2 atom stereocenters. The Morgan fingerprint density at radius 2 is 2.32 bits per heavy atom. The van der Waals surface area contributed by atoms with Crippen LogP contribution >= 0.6 is 11.8 Å². The molecule has 2 aliphatic rings. The Morgan fingerprint density at radius 1 is 1.44 bits per heavy atom. The van der Waals surface area contributed by atoms with Gasteiger partial charge in [-0.2, -0.15) is 4.98 Å². The minimum absolute atomic E-state index is 0.205. The fourth-order valence-electron chi connectivity index (χ4n) is 3.50. The van der Waals surface area contributed by atoms with Crippen LogP contribution in [0.5, 0.6) is 5.75 Å². The van der Waals surface area contributed by atoms with E-state index in [1.807, 2.05) is 28.9 Å². The van der Waals surface area contributed by atoms with Crippen molar-refractivity contribution >= 4 is 23.5 Å². The number of benzene rings is 1. The Labute approximate surface area is 150 Å². The maximum Gasteiger partial charge on any atom is 0.227 e. The predicted octanol–water partition coefficient (Wildman–Crippen LogP) is 3.28. The van der Waals surface area contributed by atoms with E-state index in [9.17, 15) is 4.79 Å². The molecule has 1 aromatic carbocycles. The minimum atomic E-state index is -0.255. The average Bonchev–Trinajstić information content (AvgIpc) is 3.02. The summed E-state index contributed by atoms with van der Waals surface area (Å²) < 4.78 is 7.23. The number of nitrogens with zero attached hydrogens (tertiary/aromatic N) is 3. The van der Waals surface area contributed by atoms with Crippen molar-refractivity contribution in [2.24, 2.45) is 5.92 Å². The highest BCUT2D eigenvalue weighted by Gasteiger charge is 2.41. The van der Waals surface area contributed by atoms with Crippen molar-refractivity contribution in [3.05, 3.63) is 41.6 Å². The first-order valence-electron chi connectivity index (χ1n) is 8.44. The van der Waals surface area contributed by atoms with E-state index >= 15 is 0 Å². The van der Waals surface area contributed by atoms with Gasteiger partial charge in [-0.3, -0.25) is 4.79 Å². The molecule has 0 unspecified atom stereocenters. The second-order valence-electron chi connectivity index (χ2n) is 6.08. The summed E-state index contributed by atoms with van der Waals surface area (Å²) in [6, 6.07) is 7.66. The first-order valence-corrected chi connectivity index (χ1v) is 9.43. The van der Waals surface area contributed by atoms with E-state index in [-0.39, 0.29) is 17.7 Å². The van der Waals surface area contributed by atoms with Crippen molar-refractivity contribution in [1.29, 1.82) is 0 Å². The molecular weight excluding hydrogens is 336 g/mol. The number of nitrogens with one attached hydrogen (secondary N) is 1. The maximum atomic E-state index is 12.7. The number of thioether (sulfide) groups is 1. The van der Waals surface area contributed by atoms with E-state index in [0.29, 0.717) is 12.4 Å². The number of carbonyl (C=O) groups is 1. The average molecular weight is 356 g/mol. The van der Waals surface area contributed by atoms with E-state index in [1.54, 1.807) is 18.9 Å². The van der Waals surface area contributed by atoms with Crippen molar-refractivity contribution < 1.29 is 9.53 Å². The number of methoxy groups -OCH3 is 1. The SMILES string of the molecule is CCSc1nc2n(n1)[C@@H](c1cccc(OC)c1)[C@@H]1C(=O)CCC=C1N2. The van der Waals surface area contributed by atoms with Gasteiger partial charge in [0.15, 0.2) is 0 Å². The molecule has 0 fully saturated rings. The van der Waals surface area contributed by atoms with Crippen LogP contribution in [0.15, 0.2) is 41.2 Å². The molecule has 0 spiro atoms. The van der Waals surface area contributed by atoms with E-state index in [2.05, 4.69) is 28.4 Å². The molecule has 25 heavy (non-hydrogen) atoms. The molecule has 0 saturated carbocycles. The summed E-state index contributed by atoms with van der Waals surface area (Å²) >= 11 is 1.60. The normalized spacial score (nSPS) is 21.8. The summed E-state index contributed by atoms with van der Waals surface area (Å²) in [6.07, 6.45) is 3.45. The fraction of sp³-hybridized carbons (Fsp3) is 0.389.